The van der Waals surface area contributed by atoms with Crippen LogP contribution in [0.2, 0.25) is 0 Å². The fraction of sp³-hybridized carbons (Fsp3) is 0.625. The minimum atomic E-state index is -4.39. The van der Waals surface area contributed by atoms with Crippen LogP contribution in [0.3, 0.4) is 0 Å². The van der Waals surface area contributed by atoms with Gasteiger partial charge < -0.3 is 4.90 Å². The molecule has 0 unspecified atom stereocenters. The van der Waals surface area contributed by atoms with E-state index < -0.39 is 18.5 Å². The highest BCUT2D eigenvalue weighted by Crippen LogP contribution is 2.21. The Morgan fingerprint density at radius 2 is 2.08 bits per heavy atom. The minimum absolute atomic E-state index is 0.301. The molecule has 0 aromatic rings. The number of alkyl halides is 3. The number of carbonyl (C=O) groups excluding carboxylic acids is 1. The van der Waals surface area contributed by atoms with Crippen molar-refractivity contribution in [3.8, 4) is 0 Å². The van der Waals surface area contributed by atoms with Crippen LogP contribution in [0.15, 0.2) is 12.2 Å². The van der Waals surface area contributed by atoms with Gasteiger partial charge in [0.15, 0.2) is 0 Å². The maximum absolute atomic E-state index is 11.8. The molecule has 0 saturated carbocycles. The highest BCUT2D eigenvalue weighted by molar-refractivity contribution is 5.77. The second-order valence-electron chi connectivity index (χ2n) is 2.89. The standard InChI is InChI=1S/C8H10F3NO/c9-8(10,11)6-7(13)12-4-2-1-3-5-12/h1-2H,3-6H2. The first-order valence-electron chi connectivity index (χ1n) is 3.98. The Morgan fingerprint density at radius 3 is 2.54 bits per heavy atom. The van der Waals surface area contributed by atoms with Gasteiger partial charge in [0.05, 0.1) is 0 Å². The highest BCUT2D eigenvalue weighted by Gasteiger charge is 2.33. The van der Waals surface area contributed by atoms with Crippen LogP contribution in [0, 0.1) is 0 Å². The summed E-state index contributed by atoms with van der Waals surface area (Å²) < 4.78 is 35.4. The molecule has 1 heterocycles. The molecule has 0 fully saturated rings. The summed E-state index contributed by atoms with van der Waals surface area (Å²) in [4.78, 5) is 12.2. The lowest BCUT2D eigenvalue weighted by Crippen LogP contribution is -2.36. The van der Waals surface area contributed by atoms with Crippen molar-refractivity contribution < 1.29 is 18.0 Å². The number of amides is 1. The molecule has 0 aromatic carbocycles. The van der Waals surface area contributed by atoms with Crippen LogP contribution in [-0.4, -0.2) is 30.1 Å². The Kier molecular flexibility index (Phi) is 2.95. The number of hydrogen-bond acceptors (Lipinski definition) is 1. The summed E-state index contributed by atoms with van der Waals surface area (Å²) in [6, 6.07) is 0. The quantitative estimate of drug-likeness (QED) is 0.581. The van der Waals surface area contributed by atoms with Gasteiger partial charge in [-0.05, 0) is 6.42 Å². The van der Waals surface area contributed by atoms with Gasteiger partial charge in [0.25, 0.3) is 0 Å². The second-order valence-corrected chi connectivity index (χ2v) is 2.89. The van der Waals surface area contributed by atoms with Crippen molar-refractivity contribution in [3.05, 3.63) is 12.2 Å². The normalized spacial score (nSPS) is 17.6. The van der Waals surface area contributed by atoms with Crippen molar-refractivity contribution >= 4 is 5.91 Å². The number of nitrogens with zero attached hydrogens (tertiary/aromatic N) is 1. The van der Waals surface area contributed by atoms with E-state index in [2.05, 4.69) is 0 Å². The largest absolute Gasteiger partial charge is 0.397 e. The maximum atomic E-state index is 11.8. The first-order chi connectivity index (χ1) is 5.99. The first kappa shape index (κ1) is 10.1. The molecule has 0 aliphatic carbocycles. The fourth-order valence-corrected chi connectivity index (χ4v) is 1.15. The molecule has 5 heteroatoms. The van der Waals surface area contributed by atoms with Gasteiger partial charge in [-0.25, -0.2) is 0 Å². The number of carbonyl (C=O) groups is 1. The van der Waals surface area contributed by atoms with Crippen molar-refractivity contribution in [1.29, 1.82) is 0 Å². The van der Waals surface area contributed by atoms with E-state index in [1.807, 2.05) is 6.08 Å². The average Bonchev–Trinajstić information content (AvgIpc) is 2.03. The Labute approximate surface area is 74.0 Å². The van der Waals surface area contributed by atoms with Crippen LogP contribution in [0.4, 0.5) is 13.2 Å². The van der Waals surface area contributed by atoms with E-state index in [1.165, 1.54) is 4.90 Å². The molecule has 1 amide bonds. The summed E-state index contributed by atoms with van der Waals surface area (Å²) in [6.45, 7) is 0.695. The van der Waals surface area contributed by atoms with Crippen molar-refractivity contribution in [1.82, 2.24) is 4.90 Å². The van der Waals surface area contributed by atoms with Crippen LogP contribution in [0.1, 0.15) is 12.8 Å². The van der Waals surface area contributed by atoms with Crippen LogP contribution in [0.25, 0.3) is 0 Å². The fourth-order valence-electron chi connectivity index (χ4n) is 1.15. The number of rotatable bonds is 1. The van der Waals surface area contributed by atoms with Crippen LogP contribution >= 0.6 is 0 Å². The van der Waals surface area contributed by atoms with Crippen molar-refractivity contribution in [2.75, 3.05) is 13.1 Å². The molecule has 0 saturated heterocycles. The van der Waals surface area contributed by atoms with E-state index >= 15 is 0 Å². The third-order valence-corrected chi connectivity index (χ3v) is 1.76. The lowest BCUT2D eigenvalue weighted by Gasteiger charge is -2.23. The molecule has 2 nitrogen and oxygen atoms in total. The van der Waals surface area contributed by atoms with Crippen LogP contribution in [0.5, 0.6) is 0 Å². The van der Waals surface area contributed by atoms with Crippen molar-refractivity contribution in [2.24, 2.45) is 0 Å². The van der Waals surface area contributed by atoms with Gasteiger partial charge in [-0.2, -0.15) is 13.2 Å². The molecular formula is C8H10F3NO. The van der Waals surface area contributed by atoms with E-state index in [0.717, 1.165) is 0 Å². The van der Waals surface area contributed by atoms with Gasteiger partial charge in [0.2, 0.25) is 5.91 Å². The van der Waals surface area contributed by atoms with Crippen molar-refractivity contribution in [3.63, 3.8) is 0 Å². The Bertz CT molecular complexity index is 222. The Morgan fingerprint density at radius 1 is 1.38 bits per heavy atom. The van der Waals surface area contributed by atoms with Crippen molar-refractivity contribution in [2.45, 2.75) is 19.0 Å². The Balaban J connectivity index is 2.43. The van der Waals surface area contributed by atoms with Crippen LogP contribution < -0.4 is 0 Å². The SMILES string of the molecule is O=C(CC(F)(F)F)N1CC=CCC1. The molecule has 1 aliphatic rings. The summed E-state index contributed by atoms with van der Waals surface area (Å²) >= 11 is 0. The van der Waals surface area contributed by atoms with Gasteiger partial charge in [-0.15, -0.1) is 0 Å². The van der Waals surface area contributed by atoms with E-state index in [4.69, 9.17) is 0 Å². The molecule has 74 valence electrons. The van der Waals surface area contributed by atoms with Crippen LogP contribution in [-0.2, 0) is 4.79 Å². The minimum Gasteiger partial charge on any atom is -0.338 e. The zero-order valence-electron chi connectivity index (χ0n) is 6.97. The predicted octanol–water partition coefficient (Wildman–Crippen LogP) is 1.73. The topological polar surface area (TPSA) is 20.3 Å². The molecule has 1 aliphatic heterocycles. The molecule has 0 radical (unpaired) electrons. The lowest BCUT2D eigenvalue weighted by molar-refractivity contribution is -0.161. The van der Waals surface area contributed by atoms with E-state index in [-0.39, 0.29) is 0 Å². The zero-order chi connectivity index (χ0) is 9.90. The maximum Gasteiger partial charge on any atom is 0.397 e. The third-order valence-electron chi connectivity index (χ3n) is 1.76. The summed E-state index contributed by atoms with van der Waals surface area (Å²) in [6.07, 6.45) is -1.53. The molecule has 1 rings (SSSR count). The van der Waals surface area contributed by atoms with Gasteiger partial charge >= 0.3 is 6.18 Å². The van der Waals surface area contributed by atoms with Gasteiger partial charge in [-0.1, -0.05) is 12.2 Å². The molecule has 13 heavy (non-hydrogen) atoms. The van der Waals surface area contributed by atoms with E-state index in [1.54, 1.807) is 6.08 Å². The third kappa shape index (κ3) is 3.48. The smallest absolute Gasteiger partial charge is 0.338 e. The molecular weight excluding hydrogens is 183 g/mol. The summed E-state index contributed by atoms with van der Waals surface area (Å²) in [5, 5.41) is 0. The van der Waals surface area contributed by atoms with Gasteiger partial charge in [0.1, 0.15) is 6.42 Å². The Hall–Kier alpha value is -1.00. The molecule has 0 N–H and O–H groups in total. The molecule has 0 atom stereocenters. The van der Waals surface area contributed by atoms with Gasteiger partial charge in [0, 0.05) is 13.1 Å². The van der Waals surface area contributed by atoms with E-state index in [9.17, 15) is 18.0 Å². The van der Waals surface area contributed by atoms with E-state index in [0.29, 0.717) is 19.5 Å². The average molecular weight is 193 g/mol. The molecule has 0 aromatic heterocycles. The summed E-state index contributed by atoms with van der Waals surface area (Å²) in [5.74, 6) is -0.836. The highest BCUT2D eigenvalue weighted by atomic mass is 19.4. The zero-order valence-corrected chi connectivity index (χ0v) is 6.97. The predicted molar refractivity (Wildman–Crippen MR) is 41.0 cm³/mol. The first-order valence-corrected chi connectivity index (χ1v) is 3.98. The molecule has 0 bridgehead atoms. The number of halogens is 3. The summed E-state index contributed by atoms with van der Waals surface area (Å²) in [5.41, 5.74) is 0. The molecule has 0 spiro atoms. The second kappa shape index (κ2) is 3.81. The lowest BCUT2D eigenvalue weighted by atomic mass is 10.2. The monoisotopic (exact) mass is 193 g/mol. The van der Waals surface area contributed by atoms with Gasteiger partial charge in [-0.3, -0.25) is 4.79 Å². The number of hydrogen-bond donors (Lipinski definition) is 0. The summed E-state index contributed by atoms with van der Waals surface area (Å²) in [7, 11) is 0.